The van der Waals surface area contributed by atoms with Crippen molar-refractivity contribution in [3.05, 3.63) is 30.1 Å². The van der Waals surface area contributed by atoms with E-state index in [9.17, 15) is 0 Å². The highest BCUT2D eigenvalue weighted by Crippen LogP contribution is 2.22. The molecule has 0 aromatic carbocycles. The second-order valence-corrected chi connectivity index (χ2v) is 4.46. The minimum Gasteiger partial charge on any atom is -0.316 e. The van der Waals surface area contributed by atoms with E-state index in [4.69, 9.17) is 0 Å². The largest absolute Gasteiger partial charge is 0.316 e. The molecule has 0 aliphatic carbocycles. The van der Waals surface area contributed by atoms with Crippen molar-refractivity contribution in [1.82, 2.24) is 19.7 Å². The van der Waals surface area contributed by atoms with Crippen LogP contribution in [0.15, 0.2) is 18.6 Å². The molecule has 0 spiro atoms. The summed E-state index contributed by atoms with van der Waals surface area (Å²) in [6, 6.07) is 2.16. The molecule has 0 bridgehead atoms. The fraction of sp³-hybridized carbons (Fsp3) is 0.500. The Bertz CT molecular complexity index is 497. The van der Waals surface area contributed by atoms with Gasteiger partial charge in [-0.3, -0.25) is 4.40 Å². The lowest BCUT2D eigenvalue weighted by Crippen LogP contribution is -2.29. The molecule has 1 N–H and O–H groups in total. The standard InChI is InChI=1S/C12H16N4/c1-9-15-12(10-3-2-4-13-6-10)5-11-7-14-8-16(9)11/h5,7-8,10,13H,2-4,6H2,1H3/t10-/m1/s1. The second kappa shape index (κ2) is 3.87. The summed E-state index contributed by atoms with van der Waals surface area (Å²) in [5.41, 5.74) is 2.35. The number of nitrogens with one attached hydrogen (secondary N) is 1. The van der Waals surface area contributed by atoms with E-state index in [1.807, 2.05) is 23.8 Å². The first-order chi connectivity index (χ1) is 7.84. The van der Waals surface area contributed by atoms with Crippen molar-refractivity contribution in [2.75, 3.05) is 13.1 Å². The summed E-state index contributed by atoms with van der Waals surface area (Å²) in [5, 5.41) is 3.43. The zero-order chi connectivity index (χ0) is 11.0. The first-order valence-corrected chi connectivity index (χ1v) is 5.85. The molecule has 3 heterocycles. The van der Waals surface area contributed by atoms with E-state index in [1.54, 1.807) is 0 Å². The van der Waals surface area contributed by atoms with Crippen molar-refractivity contribution in [1.29, 1.82) is 0 Å². The molecule has 16 heavy (non-hydrogen) atoms. The fourth-order valence-electron chi connectivity index (χ4n) is 2.42. The maximum Gasteiger partial charge on any atom is 0.111 e. The molecule has 0 amide bonds. The molecule has 0 saturated carbocycles. The van der Waals surface area contributed by atoms with Crippen LogP contribution in [0.4, 0.5) is 0 Å². The third-order valence-electron chi connectivity index (χ3n) is 3.32. The van der Waals surface area contributed by atoms with Crippen LogP contribution in [0, 0.1) is 6.92 Å². The van der Waals surface area contributed by atoms with Gasteiger partial charge in [0.2, 0.25) is 0 Å². The summed E-state index contributed by atoms with van der Waals surface area (Å²) in [6.07, 6.45) is 6.20. The van der Waals surface area contributed by atoms with Crippen molar-refractivity contribution in [2.45, 2.75) is 25.7 Å². The lowest BCUT2D eigenvalue weighted by molar-refractivity contribution is 0.453. The highest BCUT2D eigenvalue weighted by molar-refractivity contribution is 5.46. The van der Waals surface area contributed by atoms with Crippen LogP contribution in [-0.4, -0.2) is 27.5 Å². The van der Waals surface area contributed by atoms with Gasteiger partial charge in [-0.2, -0.15) is 0 Å². The first kappa shape index (κ1) is 9.78. The highest BCUT2D eigenvalue weighted by Gasteiger charge is 2.17. The summed E-state index contributed by atoms with van der Waals surface area (Å²) in [7, 11) is 0. The molecule has 84 valence electrons. The van der Waals surface area contributed by atoms with E-state index in [0.717, 1.165) is 24.4 Å². The van der Waals surface area contributed by atoms with Crippen LogP contribution in [0.2, 0.25) is 0 Å². The topological polar surface area (TPSA) is 42.2 Å². The van der Waals surface area contributed by atoms with Gasteiger partial charge in [-0.25, -0.2) is 9.97 Å². The van der Waals surface area contributed by atoms with Crippen LogP contribution in [0.5, 0.6) is 0 Å². The van der Waals surface area contributed by atoms with Crippen molar-refractivity contribution in [3.8, 4) is 0 Å². The normalized spacial score (nSPS) is 21.4. The van der Waals surface area contributed by atoms with Gasteiger partial charge in [0.25, 0.3) is 0 Å². The quantitative estimate of drug-likeness (QED) is 0.785. The summed E-state index contributed by atoms with van der Waals surface area (Å²) in [5.74, 6) is 1.59. The molecule has 1 fully saturated rings. The molecule has 4 heteroatoms. The van der Waals surface area contributed by atoms with Crippen LogP contribution >= 0.6 is 0 Å². The lowest BCUT2D eigenvalue weighted by Gasteiger charge is -2.22. The highest BCUT2D eigenvalue weighted by atomic mass is 15.0. The van der Waals surface area contributed by atoms with E-state index in [2.05, 4.69) is 21.4 Å². The first-order valence-electron chi connectivity index (χ1n) is 5.85. The molecule has 1 aliphatic heterocycles. The number of fused-ring (bicyclic) bond motifs is 1. The Labute approximate surface area is 94.7 Å². The maximum atomic E-state index is 4.68. The van der Waals surface area contributed by atoms with Crippen LogP contribution in [-0.2, 0) is 0 Å². The van der Waals surface area contributed by atoms with Gasteiger partial charge in [0.15, 0.2) is 0 Å². The SMILES string of the molecule is Cc1nc([C@@H]2CCCNC2)cc2cncn12. The van der Waals surface area contributed by atoms with Gasteiger partial charge >= 0.3 is 0 Å². The number of imidazole rings is 1. The Balaban J connectivity index is 2.02. The summed E-state index contributed by atoms with van der Waals surface area (Å²) >= 11 is 0. The Morgan fingerprint density at radius 2 is 2.44 bits per heavy atom. The predicted molar refractivity (Wildman–Crippen MR) is 62.6 cm³/mol. The summed E-state index contributed by atoms with van der Waals surface area (Å²) < 4.78 is 2.03. The number of nitrogens with zero attached hydrogens (tertiary/aromatic N) is 3. The zero-order valence-corrected chi connectivity index (χ0v) is 9.48. The Hall–Kier alpha value is -1.42. The van der Waals surface area contributed by atoms with E-state index < -0.39 is 0 Å². The third-order valence-corrected chi connectivity index (χ3v) is 3.32. The van der Waals surface area contributed by atoms with Crippen LogP contribution in [0.1, 0.15) is 30.3 Å². The minimum atomic E-state index is 0.562. The average molecular weight is 216 g/mol. The van der Waals surface area contributed by atoms with Gasteiger partial charge in [0.05, 0.1) is 11.7 Å². The molecular formula is C12H16N4. The minimum absolute atomic E-state index is 0.562. The molecule has 3 rings (SSSR count). The molecule has 1 aliphatic rings. The van der Waals surface area contributed by atoms with Crippen molar-refractivity contribution >= 4 is 5.52 Å². The Kier molecular flexibility index (Phi) is 2.36. The zero-order valence-electron chi connectivity index (χ0n) is 9.48. The van der Waals surface area contributed by atoms with Gasteiger partial charge in [0.1, 0.15) is 12.2 Å². The number of hydrogen-bond donors (Lipinski definition) is 1. The van der Waals surface area contributed by atoms with Gasteiger partial charge in [-0.05, 0) is 32.4 Å². The molecule has 2 aromatic heterocycles. The van der Waals surface area contributed by atoms with Crippen molar-refractivity contribution < 1.29 is 0 Å². The van der Waals surface area contributed by atoms with E-state index >= 15 is 0 Å². The second-order valence-electron chi connectivity index (χ2n) is 4.46. The molecule has 1 atom stereocenters. The maximum absolute atomic E-state index is 4.68. The smallest absolute Gasteiger partial charge is 0.111 e. The van der Waals surface area contributed by atoms with Gasteiger partial charge in [-0.15, -0.1) is 0 Å². The number of rotatable bonds is 1. The number of hydrogen-bond acceptors (Lipinski definition) is 3. The average Bonchev–Trinajstić information content (AvgIpc) is 2.79. The fourth-order valence-corrected chi connectivity index (χ4v) is 2.42. The summed E-state index contributed by atoms with van der Waals surface area (Å²) in [6.45, 7) is 4.23. The third kappa shape index (κ3) is 1.59. The van der Waals surface area contributed by atoms with Crippen LogP contribution < -0.4 is 5.32 Å². The molecule has 4 nitrogen and oxygen atoms in total. The molecule has 0 radical (unpaired) electrons. The molecule has 1 saturated heterocycles. The van der Waals surface area contributed by atoms with E-state index in [0.29, 0.717) is 5.92 Å². The van der Waals surface area contributed by atoms with E-state index in [1.165, 1.54) is 18.5 Å². The predicted octanol–water partition coefficient (Wildman–Crippen LogP) is 1.50. The molecule has 2 aromatic rings. The van der Waals surface area contributed by atoms with Crippen molar-refractivity contribution in [2.24, 2.45) is 0 Å². The monoisotopic (exact) mass is 216 g/mol. The lowest BCUT2D eigenvalue weighted by atomic mass is 9.96. The number of aromatic nitrogens is 3. The van der Waals surface area contributed by atoms with Crippen LogP contribution in [0.3, 0.4) is 0 Å². The Morgan fingerprint density at radius 1 is 1.50 bits per heavy atom. The van der Waals surface area contributed by atoms with Gasteiger partial charge < -0.3 is 5.32 Å². The number of aryl methyl sites for hydroxylation is 1. The Morgan fingerprint density at radius 3 is 3.25 bits per heavy atom. The number of piperidine rings is 1. The summed E-state index contributed by atoms with van der Waals surface area (Å²) in [4.78, 5) is 8.84. The molecule has 0 unspecified atom stereocenters. The van der Waals surface area contributed by atoms with Crippen molar-refractivity contribution in [3.63, 3.8) is 0 Å². The van der Waals surface area contributed by atoms with Crippen LogP contribution in [0.25, 0.3) is 5.52 Å². The van der Waals surface area contributed by atoms with E-state index in [-0.39, 0.29) is 0 Å². The van der Waals surface area contributed by atoms with Gasteiger partial charge in [-0.1, -0.05) is 0 Å². The molecular weight excluding hydrogens is 200 g/mol. The van der Waals surface area contributed by atoms with Gasteiger partial charge in [0, 0.05) is 18.2 Å².